The molecule has 9 heteroatoms. The van der Waals surface area contributed by atoms with E-state index in [1.807, 2.05) is 25.6 Å². The molecule has 2 heterocycles. The molecule has 0 bridgehead atoms. The Morgan fingerprint density at radius 3 is 2.59 bits per heavy atom. The van der Waals surface area contributed by atoms with Gasteiger partial charge in [0.1, 0.15) is 17.0 Å². The van der Waals surface area contributed by atoms with Crippen LogP contribution in [0.4, 0.5) is 0 Å². The van der Waals surface area contributed by atoms with Gasteiger partial charge in [-0.3, -0.25) is 0 Å². The fourth-order valence-corrected chi connectivity index (χ4v) is 3.41. The molecule has 27 heavy (non-hydrogen) atoms. The molecule has 0 aliphatic rings. The molecule has 0 aliphatic carbocycles. The Balaban J connectivity index is 2.00. The first kappa shape index (κ1) is 20.1. The van der Waals surface area contributed by atoms with Crippen molar-refractivity contribution in [1.29, 1.82) is 0 Å². The standard InChI is InChI=1S/C18H20Cl3N5O/c1-4-26-10-22-16-15(23-18(21)24-17(16)26)11-8-14(13(20)9-12(11)19)27-7-5-6-25(2)3/h8-10H,4-7H2,1-3H3. The molecular formula is C18H20Cl3N5O. The number of hydrogen-bond donors (Lipinski definition) is 0. The summed E-state index contributed by atoms with van der Waals surface area (Å²) in [5.41, 5.74) is 2.49. The lowest BCUT2D eigenvalue weighted by Crippen LogP contribution is -2.15. The summed E-state index contributed by atoms with van der Waals surface area (Å²) in [4.78, 5) is 15.2. The van der Waals surface area contributed by atoms with E-state index in [9.17, 15) is 0 Å². The van der Waals surface area contributed by atoms with Crippen molar-refractivity contribution >= 4 is 46.0 Å². The van der Waals surface area contributed by atoms with Crippen molar-refractivity contribution in [3.63, 3.8) is 0 Å². The Kier molecular flexibility index (Phi) is 6.42. The second-order valence-corrected chi connectivity index (χ2v) is 7.46. The molecule has 0 aliphatic heterocycles. The Bertz CT molecular complexity index is 958. The third-order valence-corrected chi connectivity index (χ3v) is 4.84. The second-order valence-electron chi connectivity index (χ2n) is 6.31. The number of ether oxygens (including phenoxy) is 1. The van der Waals surface area contributed by atoms with Crippen molar-refractivity contribution in [3.05, 3.63) is 33.8 Å². The zero-order chi connectivity index (χ0) is 19.6. The normalized spacial score (nSPS) is 11.5. The maximum absolute atomic E-state index is 6.45. The highest BCUT2D eigenvalue weighted by atomic mass is 35.5. The van der Waals surface area contributed by atoms with Gasteiger partial charge in [0.25, 0.3) is 0 Å². The van der Waals surface area contributed by atoms with Crippen LogP contribution >= 0.6 is 34.8 Å². The van der Waals surface area contributed by atoms with E-state index in [0.717, 1.165) is 19.5 Å². The van der Waals surface area contributed by atoms with Crippen LogP contribution in [0.2, 0.25) is 15.3 Å². The SMILES string of the molecule is CCn1cnc2c(-c3cc(OCCCN(C)C)c(Cl)cc3Cl)nc(Cl)nc21. The number of benzene rings is 1. The Hall–Kier alpha value is -1.60. The van der Waals surface area contributed by atoms with Crippen LogP contribution in [0, 0.1) is 0 Å². The summed E-state index contributed by atoms with van der Waals surface area (Å²) in [7, 11) is 4.04. The molecule has 2 aromatic heterocycles. The van der Waals surface area contributed by atoms with Crippen LogP contribution in [-0.2, 0) is 6.54 Å². The van der Waals surface area contributed by atoms with Crippen molar-refractivity contribution in [2.24, 2.45) is 0 Å². The molecule has 0 atom stereocenters. The quantitative estimate of drug-likeness (QED) is 0.399. The Morgan fingerprint density at radius 2 is 1.89 bits per heavy atom. The average molecular weight is 429 g/mol. The van der Waals surface area contributed by atoms with Crippen molar-refractivity contribution in [1.82, 2.24) is 24.4 Å². The second kappa shape index (κ2) is 8.61. The average Bonchev–Trinajstić information content (AvgIpc) is 3.02. The maximum atomic E-state index is 6.45. The van der Waals surface area contributed by atoms with Gasteiger partial charge in [-0.1, -0.05) is 23.2 Å². The number of aromatic nitrogens is 4. The largest absolute Gasteiger partial charge is 0.492 e. The lowest BCUT2D eigenvalue weighted by molar-refractivity contribution is 0.282. The Morgan fingerprint density at radius 1 is 1.11 bits per heavy atom. The van der Waals surface area contributed by atoms with E-state index < -0.39 is 0 Å². The summed E-state index contributed by atoms with van der Waals surface area (Å²) in [5, 5.41) is 1.03. The van der Waals surface area contributed by atoms with Gasteiger partial charge < -0.3 is 14.2 Å². The molecular weight excluding hydrogens is 409 g/mol. The van der Waals surface area contributed by atoms with Gasteiger partial charge in [-0.2, -0.15) is 4.98 Å². The van der Waals surface area contributed by atoms with Crippen LogP contribution in [0.1, 0.15) is 13.3 Å². The molecule has 0 spiro atoms. The zero-order valence-electron chi connectivity index (χ0n) is 15.3. The van der Waals surface area contributed by atoms with Crippen LogP contribution in [0.3, 0.4) is 0 Å². The predicted molar refractivity (Wildman–Crippen MR) is 110 cm³/mol. The van der Waals surface area contributed by atoms with Gasteiger partial charge in [0, 0.05) is 18.7 Å². The summed E-state index contributed by atoms with van der Waals surface area (Å²) in [6, 6.07) is 3.43. The molecule has 0 N–H and O–H groups in total. The minimum Gasteiger partial charge on any atom is -0.492 e. The number of nitrogens with zero attached hydrogens (tertiary/aromatic N) is 5. The summed E-state index contributed by atoms with van der Waals surface area (Å²) in [6.07, 6.45) is 2.59. The zero-order valence-corrected chi connectivity index (χ0v) is 17.6. The number of fused-ring (bicyclic) bond motifs is 1. The van der Waals surface area contributed by atoms with Crippen LogP contribution in [-0.4, -0.2) is 51.7 Å². The van der Waals surface area contributed by atoms with Crippen molar-refractivity contribution in [2.45, 2.75) is 19.9 Å². The predicted octanol–water partition coefficient (Wildman–Crippen LogP) is 4.80. The number of rotatable bonds is 7. The van der Waals surface area contributed by atoms with Gasteiger partial charge >= 0.3 is 0 Å². The first-order valence-corrected chi connectivity index (χ1v) is 9.69. The van der Waals surface area contributed by atoms with Gasteiger partial charge in [0.2, 0.25) is 5.28 Å². The van der Waals surface area contributed by atoms with Crippen LogP contribution in [0.15, 0.2) is 18.5 Å². The van der Waals surface area contributed by atoms with E-state index in [4.69, 9.17) is 39.5 Å². The molecule has 3 aromatic rings. The summed E-state index contributed by atoms with van der Waals surface area (Å²) in [5.74, 6) is 0.549. The molecule has 3 rings (SSSR count). The van der Waals surface area contributed by atoms with Crippen LogP contribution in [0.5, 0.6) is 5.75 Å². The molecule has 0 unspecified atom stereocenters. The number of halogens is 3. The molecule has 144 valence electrons. The van der Waals surface area contributed by atoms with E-state index in [2.05, 4.69) is 19.9 Å². The third-order valence-electron chi connectivity index (χ3n) is 4.06. The molecule has 1 aromatic carbocycles. The first-order chi connectivity index (χ1) is 12.9. The highest BCUT2D eigenvalue weighted by molar-refractivity contribution is 6.37. The molecule has 0 radical (unpaired) electrons. The molecule has 0 saturated heterocycles. The van der Waals surface area contributed by atoms with Gasteiger partial charge in [0.05, 0.1) is 23.0 Å². The summed E-state index contributed by atoms with van der Waals surface area (Å²) < 4.78 is 7.75. The lowest BCUT2D eigenvalue weighted by Gasteiger charge is -2.13. The summed E-state index contributed by atoms with van der Waals surface area (Å²) >= 11 is 18.9. The van der Waals surface area contributed by atoms with Crippen molar-refractivity contribution in [2.75, 3.05) is 27.2 Å². The van der Waals surface area contributed by atoms with Gasteiger partial charge in [-0.15, -0.1) is 0 Å². The highest BCUT2D eigenvalue weighted by Gasteiger charge is 2.18. The van der Waals surface area contributed by atoms with Gasteiger partial charge in [-0.05, 0) is 51.2 Å². The minimum atomic E-state index is 0.132. The number of aryl methyl sites for hydroxylation is 1. The maximum Gasteiger partial charge on any atom is 0.225 e. The molecule has 6 nitrogen and oxygen atoms in total. The van der Waals surface area contributed by atoms with Crippen LogP contribution < -0.4 is 4.74 Å². The topological polar surface area (TPSA) is 56.1 Å². The molecule has 0 fully saturated rings. The third kappa shape index (κ3) is 4.46. The first-order valence-electron chi connectivity index (χ1n) is 8.56. The smallest absolute Gasteiger partial charge is 0.225 e. The van der Waals surface area contributed by atoms with E-state index in [1.165, 1.54) is 0 Å². The number of imidazole rings is 1. The monoisotopic (exact) mass is 427 g/mol. The van der Waals surface area contributed by atoms with E-state index >= 15 is 0 Å². The fraction of sp³-hybridized carbons (Fsp3) is 0.389. The fourth-order valence-electron chi connectivity index (χ4n) is 2.72. The van der Waals surface area contributed by atoms with Crippen molar-refractivity contribution in [3.8, 4) is 17.0 Å². The van der Waals surface area contributed by atoms with Gasteiger partial charge in [-0.25, -0.2) is 9.97 Å². The minimum absolute atomic E-state index is 0.132. The van der Waals surface area contributed by atoms with E-state index in [-0.39, 0.29) is 5.28 Å². The van der Waals surface area contributed by atoms with Crippen LogP contribution in [0.25, 0.3) is 22.4 Å². The van der Waals surface area contributed by atoms with Gasteiger partial charge in [0.15, 0.2) is 5.65 Å². The summed E-state index contributed by atoms with van der Waals surface area (Å²) in [6.45, 7) is 4.20. The number of hydrogen-bond acceptors (Lipinski definition) is 5. The molecule has 0 saturated carbocycles. The van der Waals surface area contributed by atoms with E-state index in [1.54, 1.807) is 18.5 Å². The van der Waals surface area contributed by atoms with Crippen molar-refractivity contribution < 1.29 is 4.74 Å². The highest BCUT2D eigenvalue weighted by Crippen LogP contribution is 2.38. The lowest BCUT2D eigenvalue weighted by atomic mass is 10.1. The Labute approximate surface area is 173 Å². The van der Waals surface area contributed by atoms with E-state index in [0.29, 0.717) is 44.8 Å². The molecule has 0 amide bonds.